The fraction of sp³-hybridized carbons (Fsp3) is 0.0909. The van der Waals surface area contributed by atoms with Gasteiger partial charge in [-0.2, -0.15) is 0 Å². The molecule has 5 rings (SSSR count). The van der Waals surface area contributed by atoms with Crippen LogP contribution in [0.1, 0.15) is 26.3 Å². The summed E-state index contributed by atoms with van der Waals surface area (Å²) in [6.07, 6.45) is 0. The highest BCUT2D eigenvalue weighted by molar-refractivity contribution is 6.39. The monoisotopic (exact) mass is 356 g/mol. The predicted molar refractivity (Wildman–Crippen MR) is 105 cm³/mol. The van der Waals surface area contributed by atoms with Crippen LogP contribution in [0.2, 0.25) is 0 Å². The number of H-pyrrole nitrogens is 1. The van der Waals surface area contributed by atoms with E-state index in [9.17, 15) is 9.59 Å². The molecule has 0 fully saturated rings. The molecule has 4 aromatic rings. The van der Waals surface area contributed by atoms with Gasteiger partial charge in [-0.3, -0.25) is 9.59 Å². The highest BCUT2D eigenvalue weighted by atomic mass is 16.5. The fourth-order valence-corrected chi connectivity index (χ4v) is 3.89. The van der Waals surface area contributed by atoms with Crippen molar-refractivity contribution in [1.29, 1.82) is 0 Å². The van der Waals surface area contributed by atoms with Crippen LogP contribution in [0.15, 0.2) is 54.6 Å². The number of aryl methyl sites for hydroxylation is 1. The number of rotatable bonds is 2. The number of benzene rings is 3. The molecule has 3 aromatic carbocycles. The van der Waals surface area contributed by atoms with E-state index < -0.39 is 0 Å². The number of imide groups is 1. The molecule has 0 atom stereocenters. The Balaban J connectivity index is 1.84. The largest absolute Gasteiger partial charge is 0.497 e. The van der Waals surface area contributed by atoms with Gasteiger partial charge in [0, 0.05) is 21.8 Å². The summed E-state index contributed by atoms with van der Waals surface area (Å²) in [5.74, 6) is 0.125. The van der Waals surface area contributed by atoms with E-state index in [1.165, 1.54) is 4.90 Å². The lowest BCUT2D eigenvalue weighted by molar-refractivity contribution is 0.0926. The van der Waals surface area contributed by atoms with Crippen LogP contribution >= 0.6 is 0 Å². The van der Waals surface area contributed by atoms with E-state index in [1.807, 2.05) is 43.3 Å². The van der Waals surface area contributed by atoms with Crippen molar-refractivity contribution < 1.29 is 14.3 Å². The van der Waals surface area contributed by atoms with Crippen LogP contribution in [0.5, 0.6) is 5.75 Å². The zero-order chi connectivity index (χ0) is 18.7. The van der Waals surface area contributed by atoms with E-state index in [-0.39, 0.29) is 11.8 Å². The predicted octanol–water partition coefficient (Wildman–Crippen LogP) is 4.44. The van der Waals surface area contributed by atoms with Crippen LogP contribution < -0.4 is 9.64 Å². The van der Waals surface area contributed by atoms with Crippen molar-refractivity contribution in [2.45, 2.75) is 6.92 Å². The van der Waals surface area contributed by atoms with E-state index in [2.05, 4.69) is 4.98 Å². The molecule has 5 heteroatoms. The minimum absolute atomic E-state index is 0.294. The molecule has 1 aliphatic heterocycles. The standard InChI is InChI=1S/C22H16N2O3/c1-12-10-14(27-2)11-16-18-17(23-20(12)16)9-8-15-19(18)22(26)24(21(15)25)13-6-4-3-5-7-13/h3-11,23H,1-2H3. The van der Waals surface area contributed by atoms with Crippen LogP contribution in [-0.2, 0) is 0 Å². The van der Waals surface area contributed by atoms with Crippen LogP contribution in [0.4, 0.5) is 5.69 Å². The first-order valence-electron chi connectivity index (χ1n) is 8.67. The van der Waals surface area contributed by atoms with E-state index in [1.54, 1.807) is 25.3 Å². The second kappa shape index (κ2) is 5.45. The highest BCUT2D eigenvalue weighted by Gasteiger charge is 2.38. The molecular weight excluding hydrogens is 340 g/mol. The molecule has 0 saturated heterocycles. The van der Waals surface area contributed by atoms with Gasteiger partial charge in [0.15, 0.2) is 0 Å². The number of methoxy groups -OCH3 is 1. The highest BCUT2D eigenvalue weighted by Crippen LogP contribution is 2.39. The number of anilines is 1. The molecular formula is C22H16N2O3. The number of carbonyl (C=O) groups excluding carboxylic acids is 2. The van der Waals surface area contributed by atoms with Gasteiger partial charge in [0.25, 0.3) is 11.8 Å². The smallest absolute Gasteiger partial charge is 0.266 e. The van der Waals surface area contributed by atoms with Crippen molar-refractivity contribution in [3.05, 3.63) is 71.3 Å². The number of hydrogen-bond donors (Lipinski definition) is 1. The molecule has 27 heavy (non-hydrogen) atoms. The van der Waals surface area contributed by atoms with E-state index in [0.717, 1.165) is 33.1 Å². The van der Waals surface area contributed by atoms with Crippen LogP contribution in [0.3, 0.4) is 0 Å². The number of amides is 2. The lowest BCUT2D eigenvalue weighted by Gasteiger charge is -2.13. The average Bonchev–Trinajstić information content (AvgIpc) is 3.18. The molecule has 1 aliphatic rings. The van der Waals surface area contributed by atoms with Crippen LogP contribution in [-0.4, -0.2) is 23.9 Å². The summed E-state index contributed by atoms with van der Waals surface area (Å²) in [7, 11) is 1.62. The lowest BCUT2D eigenvalue weighted by Crippen LogP contribution is -2.29. The van der Waals surface area contributed by atoms with E-state index >= 15 is 0 Å². The van der Waals surface area contributed by atoms with Crippen molar-refractivity contribution >= 4 is 39.3 Å². The number of aromatic amines is 1. The number of fused-ring (bicyclic) bond motifs is 5. The molecule has 0 bridgehead atoms. The summed E-state index contributed by atoms with van der Waals surface area (Å²) < 4.78 is 5.40. The fourth-order valence-electron chi connectivity index (χ4n) is 3.89. The summed E-state index contributed by atoms with van der Waals surface area (Å²) in [5.41, 5.74) is 4.24. The van der Waals surface area contributed by atoms with Crippen molar-refractivity contribution in [1.82, 2.24) is 4.98 Å². The van der Waals surface area contributed by atoms with Gasteiger partial charge in [0.05, 0.1) is 23.9 Å². The minimum atomic E-state index is -0.298. The van der Waals surface area contributed by atoms with Crippen LogP contribution in [0, 0.1) is 6.92 Å². The number of nitrogens with one attached hydrogen (secondary N) is 1. The SMILES string of the molecule is COc1cc(C)c2[nH]c3ccc4c(c3c2c1)C(=O)N(c1ccccc1)C4=O. The third-order valence-corrected chi connectivity index (χ3v) is 5.14. The molecule has 1 N–H and O–H groups in total. The Bertz CT molecular complexity index is 1260. The Morgan fingerprint density at radius 1 is 0.963 bits per heavy atom. The molecule has 0 radical (unpaired) electrons. The maximum atomic E-state index is 13.3. The Hall–Kier alpha value is -3.60. The van der Waals surface area contributed by atoms with Gasteiger partial charge in [0.1, 0.15) is 5.75 Å². The summed E-state index contributed by atoms with van der Waals surface area (Å²) in [4.78, 5) is 30.9. The Morgan fingerprint density at radius 3 is 2.48 bits per heavy atom. The first kappa shape index (κ1) is 15.6. The number of ether oxygens (including phenoxy) is 1. The maximum Gasteiger partial charge on any atom is 0.266 e. The summed E-state index contributed by atoms with van der Waals surface area (Å²) in [5, 5.41) is 1.65. The van der Waals surface area contributed by atoms with E-state index in [0.29, 0.717) is 16.8 Å². The van der Waals surface area contributed by atoms with Gasteiger partial charge in [-0.05, 0) is 48.9 Å². The molecule has 5 nitrogen and oxygen atoms in total. The van der Waals surface area contributed by atoms with Crippen molar-refractivity contribution in [3.8, 4) is 5.75 Å². The number of para-hydroxylation sites is 1. The molecule has 1 aromatic heterocycles. The lowest BCUT2D eigenvalue weighted by atomic mass is 10.0. The van der Waals surface area contributed by atoms with Gasteiger partial charge in [-0.1, -0.05) is 18.2 Å². The Morgan fingerprint density at radius 2 is 1.74 bits per heavy atom. The Kier molecular flexibility index (Phi) is 3.15. The molecule has 0 saturated carbocycles. The normalized spacial score (nSPS) is 13.6. The number of carbonyl (C=O) groups is 2. The second-order valence-corrected chi connectivity index (χ2v) is 6.68. The van der Waals surface area contributed by atoms with Gasteiger partial charge in [0.2, 0.25) is 0 Å². The molecule has 2 heterocycles. The van der Waals surface area contributed by atoms with Gasteiger partial charge in [-0.15, -0.1) is 0 Å². The average molecular weight is 356 g/mol. The Labute approximate surface area is 155 Å². The second-order valence-electron chi connectivity index (χ2n) is 6.68. The van der Waals surface area contributed by atoms with Gasteiger partial charge in [-0.25, -0.2) is 4.90 Å². The quantitative estimate of drug-likeness (QED) is 0.540. The summed E-state index contributed by atoms with van der Waals surface area (Å²) >= 11 is 0. The van der Waals surface area contributed by atoms with Gasteiger partial charge >= 0.3 is 0 Å². The molecule has 0 spiro atoms. The summed E-state index contributed by atoms with van der Waals surface area (Å²) in [6.45, 7) is 1.99. The third-order valence-electron chi connectivity index (χ3n) is 5.14. The number of hydrogen-bond acceptors (Lipinski definition) is 3. The maximum absolute atomic E-state index is 13.3. The summed E-state index contributed by atoms with van der Waals surface area (Å²) in [6, 6.07) is 16.5. The van der Waals surface area contributed by atoms with Crippen molar-refractivity contribution in [2.24, 2.45) is 0 Å². The number of nitrogens with zero attached hydrogens (tertiary/aromatic N) is 1. The van der Waals surface area contributed by atoms with Gasteiger partial charge < -0.3 is 9.72 Å². The van der Waals surface area contributed by atoms with Crippen LogP contribution in [0.25, 0.3) is 21.8 Å². The zero-order valence-electron chi connectivity index (χ0n) is 14.9. The van der Waals surface area contributed by atoms with Crippen molar-refractivity contribution in [2.75, 3.05) is 12.0 Å². The molecule has 132 valence electrons. The molecule has 0 aliphatic carbocycles. The first-order valence-corrected chi connectivity index (χ1v) is 8.67. The topological polar surface area (TPSA) is 62.4 Å². The van der Waals surface area contributed by atoms with E-state index in [4.69, 9.17) is 4.74 Å². The molecule has 2 amide bonds. The first-order chi connectivity index (χ1) is 13.1. The molecule has 0 unspecified atom stereocenters. The zero-order valence-corrected chi connectivity index (χ0v) is 14.9. The number of aromatic nitrogens is 1. The third kappa shape index (κ3) is 2.05. The minimum Gasteiger partial charge on any atom is -0.497 e. The van der Waals surface area contributed by atoms with Crippen molar-refractivity contribution in [3.63, 3.8) is 0 Å².